The minimum atomic E-state index is 0.285. The monoisotopic (exact) mass is 390 g/mol. The lowest BCUT2D eigenvalue weighted by molar-refractivity contribution is 0.263. The van der Waals surface area contributed by atoms with E-state index in [-0.39, 0.29) is 12.2 Å². The van der Waals surface area contributed by atoms with Gasteiger partial charge in [0, 0.05) is 0 Å². The van der Waals surface area contributed by atoms with Gasteiger partial charge >= 0.3 is 0 Å². The van der Waals surface area contributed by atoms with Gasteiger partial charge in [0.05, 0.1) is 13.2 Å². The summed E-state index contributed by atoms with van der Waals surface area (Å²) in [6.07, 6.45) is 7.16. The summed E-state index contributed by atoms with van der Waals surface area (Å²) < 4.78 is 21.9. The molecule has 2 aliphatic heterocycles. The van der Waals surface area contributed by atoms with Crippen molar-refractivity contribution in [3.05, 3.63) is 71.3 Å². The Kier molecular flexibility index (Phi) is 5.13. The third kappa shape index (κ3) is 4.72. The van der Waals surface area contributed by atoms with Crippen LogP contribution in [0.2, 0.25) is 0 Å². The number of ether oxygens (including phenoxy) is 4. The molecule has 3 aliphatic rings. The van der Waals surface area contributed by atoms with Crippen molar-refractivity contribution >= 4 is 11.1 Å². The summed E-state index contributed by atoms with van der Waals surface area (Å²) >= 11 is 0. The largest absolute Gasteiger partial charge is 0.491 e. The molecule has 0 aromatic heterocycles. The van der Waals surface area contributed by atoms with Gasteiger partial charge in [-0.3, -0.25) is 0 Å². The number of epoxide rings is 2. The Bertz CT molecular complexity index is 934. The third-order valence-electron chi connectivity index (χ3n) is 5.59. The van der Waals surface area contributed by atoms with Crippen molar-refractivity contribution in [3.8, 4) is 11.5 Å². The summed E-state index contributed by atoms with van der Waals surface area (Å²) in [7, 11) is 0. The molecule has 4 nitrogen and oxygen atoms in total. The van der Waals surface area contributed by atoms with Crippen molar-refractivity contribution in [3.63, 3.8) is 0 Å². The molecule has 2 saturated heterocycles. The lowest BCUT2D eigenvalue weighted by Gasteiger charge is -2.18. The van der Waals surface area contributed by atoms with Gasteiger partial charge in [-0.2, -0.15) is 0 Å². The number of rotatable bonds is 8. The average Bonchev–Trinajstić information content (AvgIpc) is 3.67. The van der Waals surface area contributed by atoms with Gasteiger partial charge in [0.25, 0.3) is 0 Å². The van der Waals surface area contributed by atoms with Crippen molar-refractivity contribution in [2.45, 2.75) is 32.0 Å². The van der Waals surface area contributed by atoms with Crippen molar-refractivity contribution in [2.75, 3.05) is 26.4 Å². The van der Waals surface area contributed by atoms with Crippen LogP contribution in [0.25, 0.3) is 11.1 Å². The van der Waals surface area contributed by atoms with Gasteiger partial charge < -0.3 is 18.9 Å². The Labute approximate surface area is 171 Å². The van der Waals surface area contributed by atoms with Crippen LogP contribution in [-0.2, 0) is 9.47 Å². The van der Waals surface area contributed by atoms with Gasteiger partial charge in [-0.15, -0.1) is 0 Å². The van der Waals surface area contributed by atoms with Gasteiger partial charge in [-0.25, -0.2) is 0 Å². The summed E-state index contributed by atoms with van der Waals surface area (Å²) in [5.74, 6) is 1.83. The summed E-state index contributed by atoms with van der Waals surface area (Å²) in [6.45, 7) is 5.09. The molecule has 2 fully saturated rings. The van der Waals surface area contributed by atoms with Crippen LogP contribution in [0.5, 0.6) is 11.5 Å². The first-order chi connectivity index (χ1) is 14.2. The number of aryl methyl sites for hydroxylation is 1. The number of allylic oxidation sites excluding steroid dienone is 4. The van der Waals surface area contributed by atoms with E-state index in [1.54, 1.807) is 0 Å². The zero-order chi connectivity index (χ0) is 19.6. The van der Waals surface area contributed by atoms with E-state index in [1.807, 2.05) is 12.1 Å². The van der Waals surface area contributed by atoms with E-state index in [2.05, 4.69) is 49.4 Å². The maximum atomic E-state index is 5.80. The predicted octanol–water partition coefficient (Wildman–Crippen LogP) is 4.81. The minimum Gasteiger partial charge on any atom is -0.491 e. The second-order valence-electron chi connectivity index (χ2n) is 7.92. The highest BCUT2D eigenvalue weighted by molar-refractivity contribution is 5.79. The highest BCUT2D eigenvalue weighted by atomic mass is 16.6. The van der Waals surface area contributed by atoms with Crippen LogP contribution in [0.15, 0.2) is 54.6 Å². The molecule has 0 N–H and O–H groups in total. The molecule has 2 heterocycles. The third-order valence-corrected chi connectivity index (χ3v) is 5.59. The van der Waals surface area contributed by atoms with E-state index in [0.29, 0.717) is 13.2 Å². The van der Waals surface area contributed by atoms with E-state index in [4.69, 9.17) is 18.9 Å². The van der Waals surface area contributed by atoms with Gasteiger partial charge in [-0.05, 0) is 71.9 Å². The Morgan fingerprint density at radius 2 is 1.38 bits per heavy atom. The van der Waals surface area contributed by atoms with Gasteiger partial charge in [0.1, 0.15) is 36.9 Å². The smallest absolute Gasteiger partial charge is 0.119 e. The lowest BCUT2D eigenvalue weighted by Crippen LogP contribution is -2.04. The van der Waals surface area contributed by atoms with Crippen LogP contribution in [0, 0.1) is 6.92 Å². The molecule has 1 aliphatic carbocycles. The SMILES string of the molecule is Cc1cc(OCC2CO2)ccc1C1=CC=C(c2ccc(OCC3CO3)cc2)CC1. The fourth-order valence-electron chi connectivity index (χ4n) is 3.66. The molecular weight excluding hydrogens is 364 g/mol. The van der Waals surface area contributed by atoms with Crippen molar-refractivity contribution in [2.24, 2.45) is 0 Å². The zero-order valence-corrected chi connectivity index (χ0v) is 16.7. The predicted molar refractivity (Wildman–Crippen MR) is 113 cm³/mol. The fourth-order valence-corrected chi connectivity index (χ4v) is 3.66. The first-order valence-corrected chi connectivity index (χ1v) is 10.3. The first kappa shape index (κ1) is 18.5. The van der Waals surface area contributed by atoms with Gasteiger partial charge in [0.15, 0.2) is 0 Å². The van der Waals surface area contributed by atoms with E-state index in [9.17, 15) is 0 Å². The molecule has 2 aromatic rings. The molecule has 2 atom stereocenters. The molecule has 150 valence electrons. The zero-order valence-electron chi connectivity index (χ0n) is 16.7. The molecule has 0 radical (unpaired) electrons. The Balaban J connectivity index is 1.24. The average molecular weight is 390 g/mol. The Hall–Kier alpha value is -2.56. The summed E-state index contributed by atoms with van der Waals surface area (Å²) in [6, 6.07) is 14.8. The molecule has 0 bridgehead atoms. The van der Waals surface area contributed by atoms with E-state index in [0.717, 1.165) is 37.6 Å². The van der Waals surface area contributed by atoms with E-state index < -0.39 is 0 Å². The molecule has 4 heteroatoms. The van der Waals surface area contributed by atoms with E-state index in [1.165, 1.54) is 27.8 Å². The second-order valence-corrected chi connectivity index (χ2v) is 7.92. The number of hydrogen-bond donors (Lipinski definition) is 0. The maximum absolute atomic E-state index is 5.80. The normalized spacial score (nSPS) is 22.5. The molecule has 0 spiro atoms. The topological polar surface area (TPSA) is 43.5 Å². The van der Waals surface area contributed by atoms with Gasteiger partial charge in [0.2, 0.25) is 0 Å². The van der Waals surface area contributed by atoms with Crippen LogP contribution in [0.1, 0.15) is 29.5 Å². The summed E-state index contributed by atoms with van der Waals surface area (Å²) in [4.78, 5) is 0. The molecular formula is C25H26O4. The lowest BCUT2D eigenvalue weighted by atomic mass is 9.88. The maximum Gasteiger partial charge on any atom is 0.119 e. The molecule has 0 amide bonds. The minimum absolute atomic E-state index is 0.285. The summed E-state index contributed by atoms with van der Waals surface area (Å²) in [5, 5.41) is 0. The molecule has 2 aromatic carbocycles. The molecule has 2 unspecified atom stereocenters. The van der Waals surface area contributed by atoms with Crippen molar-refractivity contribution in [1.29, 1.82) is 0 Å². The molecule has 0 saturated carbocycles. The van der Waals surface area contributed by atoms with Gasteiger partial charge in [-0.1, -0.05) is 30.4 Å². The van der Waals surface area contributed by atoms with Crippen molar-refractivity contribution < 1.29 is 18.9 Å². The first-order valence-electron chi connectivity index (χ1n) is 10.3. The fraction of sp³-hybridized carbons (Fsp3) is 0.360. The second kappa shape index (κ2) is 8.05. The highest BCUT2D eigenvalue weighted by Gasteiger charge is 2.23. The van der Waals surface area contributed by atoms with Crippen LogP contribution in [0.4, 0.5) is 0 Å². The van der Waals surface area contributed by atoms with Crippen molar-refractivity contribution in [1.82, 2.24) is 0 Å². The van der Waals surface area contributed by atoms with Crippen LogP contribution < -0.4 is 9.47 Å². The number of hydrogen-bond acceptors (Lipinski definition) is 4. The van der Waals surface area contributed by atoms with Crippen LogP contribution in [-0.4, -0.2) is 38.6 Å². The Morgan fingerprint density at radius 1 is 0.793 bits per heavy atom. The van der Waals surface area contributed by atoms with Crippen LogP contribution in [0.3, 0.4) is 0 Å². The standard InChI is InChI=1S/C25H26O4/c1-17-12-22(27-14-24-16-29-24)10-11-25(17)20-4-2-18(3-5-20)19-6-8-21(9-7-19)26-13-23-15-28-23/h2,4,6-12,23-24H,3,5,13-16H2,1H3. The van der Waals surface area contributed by atoms with Crippen LogP contribution >= 0.6 is 0 Å². The highest BCUT2D eigenvalue weighted by Crippen LogP contribution is 2.34. The summed E-state index contributed by atoms with van der Waals surface area (Å²) in [5.41, 5.74) is 6.57. The Morgan fingerprint density at radius 3 is 1.97 bits per heavy atom. The quantitative estimate of drug-likeness (QED) is 0.607. The van der Waals surface area contributed by atoms with E-state index >= 15 is 0 Å². The number of benzene rings is 2. The molecule has 5 rings (SSSR count). The molecule has 29 heavy (non-hydrogen) atoms.